The second kappa shape index (κ2) is 13.4. The fourth-order valence-corrected chi connectivity index (χ4v) is 6.34. The first-order valence-corrected chi connectivity index (χ1v) is 16.0. The summed E-state index contributed by atoms with van der Waals surface area (Å²) in [5.41, 5.74) is 3.41. The highest BCUT2D eigenvalue weighted by atomic mass is 19.1. The third-order valence-electron chi connectivity index (χ3n) is 9.11. The summed E-state index contributed by atoms with van der Waals surface area (Å²) >= 11 is 0. The van der Waals surface area contributed by atoms with Gasteiger partial charge in [0.05, 0.1) is 18.6 Å². The van der Waals surface area contributed by atoms with Crippen molar-refractivity contribution in [2.45, 2.75) is 57.8 Å². The maximum absolute atomic E-state index is 15.5. The lowest BCUT2D eigenvalue weighted by Gasteiger charge is -2.30. The summed E-state index contributed by atoms with van der Waals surface area (Å²) < 4.78 is 42.1. The van der Waals surface area contributed by atoms with Gasteiger partial charge in [-0.3, -0.25) is 9.59 Å². The Morgan fingerprint density at radius 3 is 2.79 bits per heavy atom. The summed E-state index contributed by atoms with van der Waals surface area (Å²) in [5, 5.41) is 0.680. The molecule has 0 fully saturated rings. The van der Waals surface area contributed by atoms with Gasteiger partial charge in [0.2, 0.25) is 5.91 Å². The van der Waals surface area contributed by atoms with E-state index in [1.54, 1.807) is 37.3 Å². The van der Waals surface area contributed by atoms with E-state index in [0.29, 0.717) is 48.3 Å². The highest BCUT2D eigenvalue weighted by molar-refractivity contribution is 5.91. The average Bonchev–Trinajstić information content (AvgIpc) is 3.75. The lowest BCUT2D eigenvalue weighted by molar-refractivity contribution is -0.143. The maximum Gasteiger partial charge on any atom is 0.306 e. The van der Waals surface area contributed by atoms with Crippen LogP contribution in [0.15, 0.2) is 67.0 Å². The van der Waals surface area contributed by atoms with Crippen molar-refractivity contribution in [3.8, 4) is 22.9 Å². The Hall–Kier alpha value is -4.99. The minimum absolute atomic E-state index is 0.0660. The number of fused-ring (bicyclic) bond motifs is 8. The van der Waals surface area contributed by atoms with Gasteiger partial charge in [0.1, 0.15) is 17.4 Å². The number of halogens is 2. The van der Waals surface area contributed by atoms with Crippen LogP contribution in [0.4, 0.5) is 8.78 Å². The Bertz CT molecular complexity index is 1930. The molecule has 2 aromatic heterocycles. The third kappa shape index (κ3) is 6.63. The number of amides is 1. The number of nitrogens with one attached hydrogen (secondary N) is 2. The van der Waals surface area contributed by atoms with Crippen molar-refractivity contribution in [3.63, 3.8) is 0 Å². The molecule has 0 saturated heterocycles. The predicted molar refractivity (Wildman–Crippen MR) is 175 cm³/mol. The van der Waals surface area contributed by atoms with Crippen molar-refractivity contribution in [2.75, 3.05) is 20.2 Å². The predicted octanol–water partition coefficient (Wildman–Crippen LogP) is 7.62. The third-order valence-corrected chi connectivity index (χ3v) is 9.11. The number of H-pyrrole nitrogens is 2. The molecule has 47 heavy (non-hydrogen) atoms. The SMILES string of the molecule is CCOC(=O)CCc1cccc(C2(C)CCCCN(C)C(=O)Cc3c(c(F)cc4[nH]ccc34)Oc3ccc(F)c(c3)-c3ncc2[nH]3)c1. The first-order valence-electron chi connectivity index (χ1n) is 16.0. The lowest BCUT2D eigenvalue weighted by atomic mass is 9.75. The summed E-state index contributed by atoms with van der Waals surface area (Å²) in [7, 11) is 1.75. The van der Waals surface area contributed by atoms with Crippen LogP contribution in [-0.2, 0) is 32.6 Å². The molecule has 5 aromatic rings. The molecule has 0 radical (unpaired) electrons. The van der Waals surface area contributed by atoms with E-state index < -0.39 is 17.0 Å². The van der Waals surface area contributed by atoms with Crippen LogP contribution in [-0.4, -0.2) is 51.9 Å². The molecule has 10 heteroatoms. The normalized spacial score (nSPS) is 17.2. The number of esters is 1. The number of hydrogen-bond acceptors (Lipinski definition) is 5. The molecule has 3 heterocycles. The van der Waals surface area contributed by atoms with Crippen LogP contribution in [0.1, 0.15) is 61.9 Å². The molecular weight excluding hydrogens is 602 g/mol. The molecule has 0 aliphatic carbocycles. The largest absolute Gasteiger partial charge is 0.466 e. The Morgan fingerprint density at radius 1 is 1.11 bits per heavy atom. The molecule has 1 unspecified atom stereocenters. The fraction of sp³-hybridized carbons (Fsp3) is 0.324. The van der Waals surface area contributed by atoms with E-state index in [4.69, 9.17) is 9.47 Å². The Labute approximate surface area is 272 Å². The number of aromatic amines is 2. The summed E-state index contributed by atoms with van der Waals surface area (Å²) in [5.74, 6) is -1.10. The van der Waals surface area contributed by atoms with Crippen molar-refractivity contribution >= 4 is 22.8 Å². The molecule has 1 amide bonds. The van der Waals surface area contributed by atoms with E-state index in [2.05, 4.69) is 34.0 Å². The van der Waals surface area contributed by atoms with E-state index in [1.165, 1.54) is 24.3 Å². The number of hydrogen-bond donors (Lipinski definition) is 2. The molecule has 2 N–H and O–H groups in total. The van der Waals surface area contributed by atoms with Crippen LogP contribution in [0.5, 0.6) is 11.5 Å². The smallest absolute Gasteiger partial charge is 0.306 e. The number of aryl methyl sites for hydroxylation is 1. The van der Waals surface area contributed by atoms with Gasteiger partial charge < -0.3 is 24.3 Å². The summed E-state index contributed by atoms with van der Waals surface area (Å²) in [6.45, 7) is 4.76. The monoisotopic (exact) mass is 640 g/mol. The van der Waals surface area contributed by atoms with Gasteiger partial charge in [0, 0.05) is 66.0 Å². The lowest BCUT2D eigenvalue weighted by Crippen LogP contribution is -2.30. The number of carbonyl (C=O) groups excluding carboxylic acids is 2. The number of benzene rings is 3. The van der Waals surface area contributed by atoms with Gasteiger partial charge in [-0.15, -0.1) is 0 Å². The average molecular weight is 641 g/mol. The summed E-state index contributed by atoms with van der Waals surface area (Å²) in [4.78, 5) is 38.2. The molecule has 244 valence electrons. The molecule has 1 atom stereocenters. The number of nitrogens with zero attached hydrogens (tertiary/aromatic N) is 2. The molecule has 8 nitrogen and oxygen atoms in total. The van der Waals surface area contributed by atoms with Gasteiger partial charge in [-0.2, -0.15) is 0 Å². The summed E-state index contributed by atoms with van der Waals surface area (Å²) in [6.07, 6.45) is 6.38. The van der Waals surface area contributed by atoms with E-state index in [0.717, 1.165) is 29.7 Å². The van der Waals surface area contributed by atoms with Gasteiger partial charge in [-0.05, 0) is 68.5 Å². The summed E-state index contributed by atoms with van der Waals surface area (Å²) in [6, 6.07) is 15.4. The topological polar surface area (TPSA) is 100 Å². The van der Waals surface area contributed by atoms with Crippen molar-refractivity contribution in [1.82, 2.24) is 19.9 Å². The second-order valence-electron chi connectivity index (χ2n) is 12.3. The Kier molecular flexibility index (Phi) is 9.11. The van der Waals surface area contributed by atoms with Gasteiger partial charge in [-0.1, -0.05) is 30.7 Å². The zero-order chi connectivity index (χ0) is 33.1. The molecule has 0 saturated carbocycles. The van der Waals surface area contributed by atoms with Crippen molar-refractivity contribution in [2.24, 2.45) is 0 Å². The minimum atomic E-state index is -0.630. The van der Waals surface area contributed by atoms with Crippen LogP contribution < -0.4 is 4.74 Å². The zero-order valence-electron chi connectivity index (χ0n) is 26.8. The van der Waals surface area contributed by atoms with Crippen LogP contribution in [0.3, 0.4) is 0 Å². The number of ether oxygens (including phenoxy) is 2. The van der Waals surface area contributed by atoms with Crippen LogP contribution in [0, 0.1) is 11.6 Å². The first kappa shape index (κ1) is 32.0. The standard InChI is InChI=1S/C37H38F2N4O4/c1-4-46-34(45)13-10-23-8-7-9-24(18-23)37(2)15-5-6-17-43(3)33(44)20-27-26-14-16-40-31(26)21-30(39)35(27)47-25-11-12-29(38)28(19-25)36-41-22-32(37)42-36/h7-9,11-12,14,16,18-19,21-22,40H,4-6,10,13,15,17,20H2,1-3H3,(H,41,42). The molecule has 1 aliphatic rings. The van der Waals surface area contributed by atoms with E-state index in [9.17, 15) is 9.59 Å². The minimum Gasteiger partial charge on any atom is -0.466 e. The zero-order valence-corrected chi connectivity index (χ0v) is 26.8. The molecule has 4 bridgehead atoms. The maximum atomic E-state index is 15.5. The molecular formula is C37H38F2N4O4. The number of likely N-dealkylation sites (N-methyl/N-ethyl adjacent to an activating group) is 1. The molecule has 3 aromatic carbocycles. The quantitative estimate of drug-likeness (QED) is 0.193. The van der Waals surface area contributed by atoms with E-state index >= 15 is 8.78 Å². The van der Waals surface area contributed by atoms with Crippen molar-refractivity contribution < 1.29 is 27.8 Å². The molecule has 0 spiro atoms. The van der Waals surface area contributed by atoms with Crippen LogP contribution in [0.25, 0.3) is 22.3 Å². The van der Waals surface area contributed by atoms with Crippen LogP contribution in [0.2, 0.25) is 0 Å². The number of rotatable bonds is 5. The van der Waals surface area contributed by atoms with Crippen molar-refractivity contribution in [3.05, 3.63) is 101 Å². The number of aromatic nitrogens is 3. The van der Waals surface area contributed by atoms with E-state index in [1.807, 2.05) is 12.1 Å². The highest BCUT2D eigenvalue weighted by Gasteiger charge is 2.32. The first-order chi connectivity index (χ1) is 22.7. The highest BCUT2D eigenvalue weighted by Crippen LogP contribution is 2.40. The second-order valence-corrected chi connectivity index (χ2v) is 12.3. The molecule has 1 aliphatic heterocycles. The van der Waals surface area contributed by atoms with Crippen molar-refractivity contribution in [1.29, 1.82) is 0 Å². The van der Waals surface area contributed by atoms with Gasteiger partial charge in [0.25, 0.3) is 0 Å². The van der Waals surface area contributed by atoms with Gasteiger partial charge in [-0.25, -0.2) is 13.8 Å². The fourth-order valence-electron chi connectivity index (χ4n) is 6.34. The Morgan fingerprint density at radius 2 is 1.96 bits per heavy atom. The molecule has 6 rings (SSSR count). The number of imidazole rings is 1. The van der Waals surface area contributed by atoms with E-state index in [-0.39, 0.29) is 41.8 Å². The van der Waals surface area contributed by atoms with Gasteiger partial charge >= 0.3 is 5.97 Å². The van der Waals surface area contributed by atoms with Crippen LogP contribution >= 0.6 is 0 Å². The number of carbonyl (C=O) groups is 2. The van der Waals surface area contributed by atoms with Gasteiger partial charge in [0.15, 0.2) is 11.6 Å². The Balaban J connectivity index is 1.41.